The van der Waals surface area contributed by atoms with Crippen molar-refractivity contribution < 1.29 is 4.79 Å². The standard InChI is InChI=1S/C18H29NO/c1-6-7-13-19(16(3)20)14-18(4,5)15(2)17-11-9-8-10-12-17/h8-12,15H,6-7,13-14H2,1-5H3. The number of rotatable bonds is 7. The Balaban J connectivity index is 2.78. The number of nitrogens with zero attached hydrogens (tertiary/aromatic N) is 1. The van der Waals surface area contributed by atoms with E-state index in [-0.39, 0.29) is 11.3 Å². The van der Waals surface area contributed by atoms with Crippen molar-refractivity contribution in [3.63, 3.8) is 0 Å². The molecular formula is C18H29NO. The van der Waals surface area contributed by atoms with E-state index in [0.29, 0.717) is 5.92 Å². The minimum Gasteiger partial charge on any atom is -0.342 e. The van der Waals surface area contributed by atoms with Crippen molar-refractivity contribution >= 4 is 5.91 Å². The van der Waals surface area contributed by atoms with E-state index >= 15 is 0 Å². The van der Waals surface area contributed by atoms with Crippen LogP contribution in [0.4, 0.5) is 0 Å². The molecule has 0 N–H and O–H groups in total. The second kappa shape index (κ2) is 7.47. The smallest absolute Gasteiger partial charge is 0.219 e. The molecule has 2 heteroatoms. The van der Waals surface area contributed by atoms with Crippen LogP contribution in [0.2, 0.25) is 0 Å². The predicted molar refractivity (Wildman–Crippen MR) is 85.8 cm³/mol. The Hall–Kier alpha value is -1.31. The van der Waals surface area contributed by atoms with Crippen LogP contribution in [0.3, 0.4) is 0 Å². The molecule has 0 saturated carbocycles. The summed E-state index contributed by atoms with van der Waals surface area (Å²) >= 11 is 0. The summed E-state index contributed by atoms with van der Waals surface area (Å²) in [4.78, 5) is 13.8. The van der Waals surface area contributed by atoms with Crippen LogP contribution in [0.1, 0.15) is 58.9 Å². The minimum atomic E-state index is 0.0702. The Morgan fingerprint density at radius 2 is 1.85 bits per heavy atom. The summed E-state index contributed by atoms with van der Waals surface area (Å²) in [5, 5.41) is 0. The molecule has 0 fully saturated rings. The Kier molecular flexibility index (Phi) is 6.25. The third-order valence-electron chi connectivity index (χ3n) is 4.30. The molecule has 1 amide bonds. The van der Waals surface area contributed by atoms with Crippen molar-refractivity contribution in [2.45, 2.75) is 53.4 Å². The van der Waals surface area contributed by atoms with Crippen LogP contribution >= 0.6 is 0 Å². The number of benzene rings is 1. The minimum absolute atomic E-state index is 0.0702. The van der Waals surface area contributed by atoms with E-state index in [1.165, 1.54) is 5.56 Å². The zero-order valence-corrected chi connectivity index (χ0v) is 13.6. The van der Waals surface area contributed by atoms with Crippen LogP contribution in [-0.4, -0.2) is 23.9 Å². The third-order valence-corrected chi connectivity index (χ3v) is 4.30. The first kappa shape index (κ1) is 16.7. The van der Waals surface area contributed by atoms with Gasteiger partial charge in [0.1, 0.15) is 0 Å². The lowest BCUT2D eigenvalue weighted by Crippen LogP contribution is -2.40. The largest absolute Gasteiger partial charge is 0.342 e. The molecule has 112 valence electrons. The number of amides is 1. The van der Waals surface area contributed by atoms with Crippen molar-refractivity contribution in [1.29, 1.82) is 0 Å². The molecule has 0 heterocycles. The van der Waals surface area contributed by atoms with Crippen LogP contribution in [0.25, 0.3) is 0 Å². The Labute approximate surface area is 124 Å². The van der Waals surface area contributed by atoms with Gasteiger partial charge in [-0.05, 0) is 23.3 Å². The Morgan fingerprint density at radius 1 is 1.25 bits per heavy atom. The molecule has 0 aliphatic carbocycles. The molecule has 20 heavy (non-hydrogen) atoms. The highest BCUT2D eigenvalue weighted by Crippen LogP contribution is 2.35. The van der Waals surface area contributed by atoms with E-state index in [2.05, 4.69) is 52.0 Å². The first-order chi connectivity index (χ1) is 9.38. The molecule has 0 aromatic heterocycles. The molecule has 1 rings (SSSR count). The van der Waals surface area contributed by atoms with E-state index in [0.717, 1.165) is 25.9 Å². The fourth-order valence-corrected chi connectivity index (χ4v) is 2.52. The summed E-state index contributed by atoms with van der Waals surface area (Å²) in [5.41, 5.74) is 1.41. The lowest BCUT2D eigenvalue weighted by Gasteiger charge is -2.37. The molecule has 1 atom stereocenters. The second-order valence-corrected chi connectivity index (χ2v) is 6.42. The fraction of sp³-hybridized carbons (Fsp3) is 0.611. The molecule has 0 bridgehead atoms. The van der Waals surface area contributed by atoms with Gasteiger partial charge >= 0.3 is 0 Å². The highest BCUT2D eigenvalue weighted by Gasteiger charge is 2.30. The van der Waals surface area contributed by atoms with Gasteiger partial charge in [-0.3, -0.25) is 4.79 Å². The SMILES string of the molecule is CCCCN(CC(C)(C)C(C)c1ccccc1)C(C)=O. The van der Waals surface area contributed by atoms with Gasteiger partial charge in [-0.1, -0.05) is 64.4 Å². The number of unbranched alkanes of at least 4 members (excludes halogenated alkanes) is 1. The molecular weight excluding hydrogens is 246 g/mol. The molecule has 1 unspecified atom stereocenters. The van der Waals surface area contributed by atoms with Crippen molar-refractivity contribution in [1.82, 2.24) is 4.90 Å². The number of hydrogen-bond acceptors (Lipinski definition) is 1. The quantitative estimate of drug-likeness (QED) is 0.719. The van der Waals surface area contributed by atoms with Gasteiger partial charge in [-0.2, -0.15) is 0 Å². The van der Waals surface area contributed by atoms with Gasteiger partial charge in [-0.25, -0.2) is 0 Å². The van der Waals surface area contributed by atoms with Crippen molar-refractivity contribution in [2.24, 2.45) is 5.41 Å². The van der Waals surface area contributed by atoms with Crippen LogP contribution in [0.5, 0.6) is 0 Å². The maximum atomic E-state index is 11.8. The zero-order valence-electron chi connectivity index (χ0n) is 13.6. The van der Waals surface area contributed by atoms with Gasteiger partial charge in [0.2, 0.25) is 5.91 Å². The van der Waals surface area contributed by atoms with E-state index in [4.69, 9.17) is 0 Å². The predicted octanol–water partition coefficient (Wildman–Crippen LogP) is 4.46. The van der Waals surface area contributed by atoms with Crippen molar-refractivity contribution in [2.75, 3.05) is 13.1 Å². The van der Waals surface area contributed by atoms with Crippen LogP contribution in [0.15, 0.2) is 30.3 Å². The summed E-state index contributed by atoms with van der Waals surface area (Å²) in [6, 6.07) is 10.6. The number of carbonyl (C=O) groups excluding carboxylic acids is 1. The van der Waals surface area contributed by atoms with Gasteiger partial charge in [-0.15, -0.1) is 0 Å². The summed E-state index contributed by atoms with van der Waals surface area (Å²) in [5.74, 6) is 0.610. The maximum Gasteiger partial charge on any atom is 0.219 e. The topological polar surface area (TPSA) is 20.3 Å². The molecule has 1 aromatic rings. The molecule has 2 nitrogen and oxygen atoms in total. The lowest BCUT2D eigenvalue weighted by atomic mass is 9.75. The monoisotopic (exact) mass is 275 g/mol. The first-order valence-corrected chi connectivity index (χ1v) is 7.69. The van der Waals surface area contributed by atoms with Gasteiger partial charge in [0, 0.05) is 20.0 Å². The normalized spacial score (nSPS) is 13.1. The highest BCUT2D eigenvalue weighted by molar-refractivity contribution is 5.73. The van der Waals surface area contributed by atoms with Crippen LogP contribution < -0.4 is 0 Å². The summed E-state index contributed by atoms with van der Waals surface area (Å²) in [6.45, 7) is 12.3. The lowest BCUT2D eigenvalue weighted by molar-refractivity contribution is -0.130. The van der Waals surface area contributed by atoms with Crippen molar-refractivity contribution in [3.05, 3.63) is 35.9 Å². The number of carbonyl (C=O) groups is 1. The van der Waals surface area contributed by atoms with Crippen LogP contribution in [0, 0.1) is 5.41 Å². The van der Waals surface area contributed by atoms with Gasteiger partial charge in [0.05, 0.1) is 0 Å². The maximum absolute atomic E-state index is 11.8. The average Bonchev–Trinajstić information content (AvgIpc) is 2.43. The molecule has 0 spiro atoms. The Bertz CT molecular complexity index is 411. The zero-order chi connectivity index (χ0) is 15.2. The van der Waals surface area contributed by atoms with E-state index < -0.39 is 0 Å². The first-order valence-electron chi connectivity index (χ1n) is 7.69. The van der Waals surface area contributed by atoms with E-state index in [9.17, 15) is 4.79 Å². The highest BCUT2D eigenvalue weighted by atomic mass is 16.2. The van der Waals surface area contributed by atoms with E-state index in [1.807, 2.05) is 11.0 Å². The summed E-state index contributed by atoms with van der Waals surface area (Å²) in [7, 11) is 0. The fourth-order valence-electron chi connectivity index (χ4n) is 2.52. The van der Waals surface area contributed by atoms with Gasteiger partial charge in [0.15, 0.2) is 0 Å². The number of hydrogen-bond donors (Lipinski definition) is 0. The Morgan fingerprint density at radius 3 is 2.35 bits per heavy atom. The summed E-state index contributed by atoms with van der Waals surface area (Å²) < 4.78 is 0. The molecule has 0 radical (unpaired) electrons. The molecule has 0 saturated heterocycles. The average molecular weight is 275 g/mol. The molecule has 0 aliphatic rings. The van der Waals surface area contributed by atoms with Crippen molar-refractivity contribution in [3.8, 4) is 0 Å². The molecule has 1 aromatic carbocycles. The third kappa shape index (κ3) is 4.66. The van der Waals surface area contributed by atoms with Crippen LogP contribution in [-0.2, 0) is 4.79 Å². The van der Waals surface area contributed by atoms with E-state index in [1.54, 1.807) is 6.92 Å². The summed E-state index contributed by atoms with van der Waals surface area (Å²) in [6.07, 6.45) is 2.20. The van der Waals surface area contributed by atoms with Gasteiger partial charge in [0.25, 0.3) is 0 Å². The molecule has 0 aliphatic heterocycles. The van der Waals surface area contributed by atoms with Gasteiger partial charge < -0.3 is 4.90 Å². The second-order valence-electron chi connectivity index (χ2n) is 6.42.